The van der Waals surface area contributed by atoms with Crippen molar-refractivity contribution in [3.05, 3.63) is 100 Å². The third-order valence-corrected chi connectivity index (χ3v) is 5.95. The number of aromatic hydroxyl groups is 1. The molecule has 176 valence electrons. The van der Waals surface area contributed by atoms with Crippen LogP contribution in [0.25, 0.3) is 21.9 Å². The molecule has 4 nitrogen and oxygen atoms in total. The van der Waals surface area contributed by atoms with Crippen LogP contribution in [-0.4, -0.2) is 38.3 Å². The van der Waals surface area contributed by atoms with Crippen LogP contribution in [0.2, 0.25) is 5.02 Å². The fourth-order valence-corrected chi connectivity index (χ4v) is 4.05. The number of carbonyl (C=O) groups is 1. The number of fused-ring (bicyclic) bond motifs is 1. The van der Waals surface area contributed by atoms with Crippen LogP contribution in [0.1, 0.15) is 27.0 Å². The van der Waals surface area contributed by atoms with Crippen LogP contribution in [0.4, 0.5) is 0 Å². The molecule has 0 saturated carbocycles. The highest BCUT2D eigenvalue weighted by atomic mass is 35.5. The van der Waals surface area contributed by atoms with Crippen LogP contribution >= 0.6 is 11.6 Å². The largest absolute Gasteiger partial charge is 0.508 e. The molecule has 0 aliphatic heterocycles. The molecule has 0 fully saturated rings. The molecule has 0 aliphatic carbocycles. The Morgan fingerprint density at radius 2 is 1.60 bits per heavy atom. The molecule has 4 aromatic rings. The lowest BCUT2D eigenvalue weighted by atomic mass is 9.98. The van der Waals surface area contributed by atoms with Crippen molar-refractivity contribution in [3.8, 4) is 28.7 Å². The zero-order chi connectivity index (χ0) is 24.6. The molecule has 0 bridgehead atoms. The number of aldehydes is 1. The number of methoxy groups -OCH3 is 1. The second-order valence-electron chi connectivity index (χ2n) is 8.09. The van der Waals surface area contributed by atoms with Crippen molar-refractivity contribution in [2.24, 2.45) is 0 Å². The van der Waals surface area contributed by atoms with E-state index in [-0.39, 0.29) is 16.3 Å². The number of rotatable bonds is 8. The molecular formula is C30H25ClO4. The first-order chi connectivity index (χ1) is 17.1. The summed E-state index contributed by atoms with van der Waals surface area (Å²) in [5.74, 6) is 5.93. The van der Waals surface area contributed by atoms with Gasteiger partial charge in [-0.2, -0.15) is 0 Å². The third-order valence-electron chi connectivity index (χ3n) is 5.65. The Bertz CT molecular complexity index is 1400. The van der Waals surface area contributed by atoms with E-state index in [1.807, 2.05) is 24.3 Å². The highest BCUT2D eigenvalue weighted by Crippen LogP contribution is 2.27. The maximum atomic E-state index is 11.3. The van der Waals surface area contributed by atoms with E-state index in [1.54, 1.807) is 7.11 Å². The zero-order valence-corrected chi connectivity index (χ0v) is 20.1. The first-order valence-electron chi connectivity index (χ1n) is 11.3. The lowest BCUT2D eigenvalue weighted by molar-refractivity contribution is 0.0722. The van der Waals surface area contributed by atoms with Crippen molar-refractivity contribution in [2.45, 2.75) is 6.42 Å². The maximum absolute atomic E-state index is 11.3. The van der Waals surface area contributed by atoms with Crippen molar-refractivity contribution in [1.82, 2.24) is 0 Å². The number of phenolic OH excluding ortho intramolecular Hbond substituents is 1. The molecule has 1 N–H and O–H groups in total. The van der Waals surface area contributed by atoms with Crippen LogP contribution in [0.5, 0.6) is 5.75 Å². The highest BCUT2D eigenvalue weighted by Gasteiger charge is 2.07. The predicted molar refractivity (Wildman–Crippen MR) is 140 cm³/mol. The van der Waals surface area contributed by atoms with Gasteiger partial charge in [0.05, 0.1) is 30.4 Å². The van der Waals surface area contributed by atoms with Crippen molar-refractivity contribution >= 4 is 28.7 Å². The molecule has 4 aromatic carbocycles. The molecule has 0 saturated heterocycles. The summed E-state index contributed by atoms with van der Waals surface area (Å²) in [6.07, 6.45) is 1.51. The normalized spacial score (nSPS) is 10.7. The molecule has 0 aromatic heterocycles. The van der Waals surface area contributed by atoms with Crippen LogP contribution < -0.4 is 0 Å². The lowest BCUT2D eigenvalue weighted by Crippen LogP contribution is -2.04. The van der Waals surface area contributed by atoms with Crippen LogP contribution in [0.15, 0.2) is 72.8 Å². The molecule has 0 amide bonds. The van der Waals surface area contributed by atoms with Crippen LogP contribution in [0, 0.1) is 11.8 Å². The van der Waals surface area contributed by atoms with Crippen molar-refractivity contribution < 1.29 is 19.4 Å². The van der Waals surface area contributed by atoms with Gasteiger partial charge >= 0.3 is 0 Å². The molecule has 0 aliphatic rings. The van der Waals surface area contributed by atoms with E-state index in [2.05, 4.69) is 48.2 Å². The average molecular weight is 485 g/mol. The summed E-state index contributed by atoms with van der Waals surface area (Å²) in [5, 5.41) is 12.2. The predicted octanol–water partition coefficient (Wildman–Crippen LogP) is 6.28. The highest BCUT2D eigenvalue weighted by molar-refractivity contribution is 6.32. The molecule has 0 heterocycles. The minimum atomic E-state index is -0.0643. The fraction of sp³-hybridized carbons (Fsp3) is 0.167. The van der Waals surface area contributed by atoms with Gasteiger partial charge in [0, 0.05) is 18.2 Å². The summed E-state index contributed by atoms with van der Waals surface area (Å²) >= 11 is 6.15. The van der Waals surface area contributed by atoms with Crippen LogP contribution in [-0.2, 0) is 15.9 Å². The maximum Gasteiger partial charge on any atom is 0.151 e. The van der Waals surface area contributed by atoms with Crippen molar-refractivity contribution in [1.29, 1.82) is 0 Å². The number of phenols is 1. The van der Waals surface area contributed by atoms with Crippen molar-refractivity contribution in [2.75, 3.05) is 26.9 Å². The Kier molecular flexibility index (Phi) is 8.18. The van der Waals surface area contributed by atoms with Crippen molar-refractivity contribution in [3.63, 3.8) is 0 Å². The smallest absolute Gasteiger partial charge is 0.151 e. The Labute approximate surface area is 210 Å². The number of benzene rings is 4. The molecule has 0 atom stereocenters. The minimum Gasteiger partial charge on any atom is -0.508 e. The van der Waals surface area contributed by atoms with Gasteiger partial charge in [0.25, 0.3) is 0 Å². The van der Waals surface area contributed by atoms with Gasteiger partial charge in [-0.25, -0.2) is 0 Å². The Morgan fingerprint density at radius 1 is 0.857 bits per heavy atom. The van der Waals surface area contributed by atoms with E-state index in [0.717, 1.165) is 23.1 Å². The number of ether oxygens (including phenoxy) is 2. The van der Waals surface area contributed by atoms with E-state index in [1.165, 1.54) is 28.5 Å². The topological polar surface area (TPSA) is 55.8 Å². The Morgan fingerprint density at radius 3 is 2.37 bits per heavy atom. The fourth-order valence-electron chi connectivity index (χ4n) is 3.78. The first-order valence-corrected chi connectivity index (χ1v) is 11.6. The second-order valence-corrected chi connectivity index (χ2v) is 8.50. The molecule has 0 unspecified atom stereocenters. The van der Waals surface area contributed by atoms with Gasteiger partial charge in [0.2, 0.25) is 0 Å². The van der Waals surface area contributed by atoms with Gasteiger partial charge in [-0.05, 0) is 64.2 Å². The summed E-state index contributed by atoms with van der Waals surface area (Å²) in [6.45, 7) is 1.90. The molecular weight excluding hydrogens is 460 g/mol. The van der Waals surface area contributed by atoms with Gasteiger partial charge in [0.1, 0.15) is 5.75 Å². The first kappa shape index (κ1) is 24.5. The summed E-state index contributed by atoms with van der Waals surface area (Å²) in [5.41, 5.74) is 4.92. The SMILES string of the molecule is COCCOCCc1ccc2cc(-c3ccc(C#Cc4c(Cl)cc(O)cc4C=O)cc3)ccc2c1. The van der Waals surface area contributed by atoms with Gasteiger partial charge in [-0.3, -0.25) is 4.79 Å². The Hall–Kier alpha value is -3.62. The van der Waals surface area contributed by atoms with Gasteiger partial charge in [-0.1, -0.05) is 65.9 Å². The number of hydrogen-bond acceptors (Lipinski definition) is 4. The van der Waals surface area contributed by atoms with Crippen LogP contribution in [0.3, 0.4) is 0 Å². The number of carbonyl (C=O) groups excluding carboxylic acids is 1. The standard InChI is InChI=1S/C30H25ClO4/c1-34-14-15-35-13-12-22-4-8-26-17-25(10-9-24(26)16-22)23-6-2-21(3-7-23)5-11-29-27(20-32)18-28(33)19-30(29)31/h2-4,6-10,16-20,33H,12-15H2,1H3. The van der Waals surface area contributed by atoms with Gasteiger partial charge in [0.15, 0.2) is 6.29 Å². The third kappa shape index (κ3) is 6.29. The summed E-state index contributed by atoms with van der Waals surface area (Å²) < 4.78 is 10.6. The molecule has 4 rings (SSSR count). The van der Waals surface area contributed by atoms with Gasteiger partial charge in [-0.15, -0.1) is 0 Å². The summed E-state index contributed by atoms with van der Waals surface area (Å²) in [7, 11) is 1.67. The number of hydrogen-bond donors (Lipinski definition) is 1. The monoisotopic (exact) mass is 484 g/mol. The van der Waals surface area contributed by atoms with E-state index < -0.39 is 0 Å². The van der Waals surface area contributed by atoms with Gasteiger partial charge < -0.3 is 14.6 Å². The second kappa shape index (κ2) is 11.7. The van der Waals surface area contributed by atoms with E-state index in [9.17, 15) is 9.90 Å². The van der Waals surface area contributed by atoms with E-state index in [0.29, 0.717) is 31.7 Å². The van der Waals surface area contributed by atoms with E-state index in [4.69, 9.17) is 21.1 Å². The molecule has 5 heteroatoms. The average Bonchev–Trinajstić information content (AvgIpc) is 2.87. The minimum absolute atomic E-state index is 0.0643. The zero-order valence-electron chi connectivity index (χ0n) is 19.4. The van der Waals surface area contributed by atoms with E-state index >= 15 is 0 Å². The summed E-state index contributed by atoms with van der Waals surface area (Å²) in [6, 6.07) is 23.6. The summed E-state index contributed by atoms with van der Waals surface area (Å²) in [4.78, 5) is 11.3. The lowest BCUT2D eigenvalue weighted by Gasteiger charge is -2.08. The Balaban J connectivity index is 1.48. The molecule has 0 spiro atoms. The quantitative estimate of drug-likeness (QED) is 0.181. The number of halogens is 1. The molecule has 35 heavy (non-hydrogen) atoms. The molecule has 0 radical (unpaired) electrons.